The van der Waals surface area contributed by atoms with Gasteiger partial charge in [-0.2, -0.15) is 5.10 Å². The predicted octanol–water partition coefficient (Wildman–Crippen LogP) is 2.05. The first-order valence-corrected chi connectivity index (χ1v) is 9.21. The van der Waals surface area contributed by atoms with Crippen LogP contribution in [0.4, 0.5) is 0 Å². The van der Waals surface area contributed by atoms with Crippen LogP contribution < -0.4 is 5.43 Å². The zero-order valence-electron chi connectivity index (χ0n) is 15.6. The molecule has 0 radical (unpaired) electrons. The minimum atomic E-state index is -0.119. The Balaban J connectivity index is 1.42. The smallest absolute Gasteiger partial charge is 0.254 e. The molecule has 0 saturated carbocycles. The second-order valence-corrected chi connectivity index (χ2v) is 6.82. The molecule has 3 rings (SSSR count). The summed E-state index contributed by atoms with van der Waals surface area (Å²) in [6.07, 6.45) is 0. The van der Waals surface area contributed by atoms with E-state index in [4.69, 9.17) is 0 Å². The van der Waals surface area contributed by atoms with E-state index in [1.165, 1.54) is 5.56 Å². The lowest BCUT2D eigenvalue weighted by molar-refractivity contribution is -0.122. The van der Waals surface area contributed by atoms with E-state index >= 15 is 0 Å². The van der Waals surface area contributed by atoms with Crippen LogP contribution >= 0.6 is 0 Å². The molecule has 142 valence electrons. The summed E-state index contributed by atoms with van der Waals surface area (Å²) in [5, 5.41) is 13.7. The molecule has 2 aromatic rings. The van der Waals surface area contributed by atoms with Crippen molar-refractivity contribution in [3.63, 3.8) is 0 Å². The molecule has 1 saturated heterocycles. The van der Waals surface area contributed by atoms with Crippen LogP contribution in [0.3, 0.4) is 0 Å². The molecule has 1 aliphatic heterocycles. The van der Waals surface area contributed by atoms with Crippen molar-refractivity contribution >= 4 is 11.6 Å². The quantitative estimate of drug-likeness (QED) is 0.607. The van der Waals surface area contributed by atoms with Crippen molar-refractivity contribution in [2.45, 2.75) is 13.5 Å². The number of phenols is 1. The van der Waals surface area contributed by atoms with E-state index in [2.05, 4.69) is 44.6 Å². The zero-order valence-corrected chi connectivity index (χ0v) is 15.6. The molecule has 0 spiro atoms. The van der Waals surface area contributed by atoms with E-state index in [1.807, 2.05) is 12.1 Å². The summed E-state index contributed by atoms with van der Waals surface area (Å²) in [4.78, 5) is 16.7. The molecule has 0 unspecified atom stereocenters. The molecule has 2 aromatic carbocycles. The fourth-order valence-corrected chi connectivity index (χ4v) is 3.13. The number of hydrogen-bond acceptors (Lipinski definition) is 5. The topological polar surface area (TPSA) is 68.2 Å². The molecule has 6 nitrogen and oxygen atoms in total. The Morgan fingerprint density at radius 3 is 2.44 bits per heavy atom. The number of nitrogens with one attached hydrogen (secondary N) is 1. The minimum Gasteiger partial charge on any atom is -0.508 e. The Bertz CT molecular complexity index is 784. The van der Waals surface area contributed by atoms with Crippen LogP contribution in [0.1, 0.15) is 18.1 Å². The van der Waals surface area contributed by atoms with Gasteiger partial charge in [0.05, 0.1) is 12.3 Å². The molecule has 27 heavy (non-hydrogen) atoms. The summed E-state index contributed by atoms with van der Waals surface area (Å²) >= 11 is 0. The highest BCUT2D eigenvalue weighted by molar-refractivity contribution is 5.99. The van der Waals surface area contributed by atoms with Gasteiger partial charge < -0.3 is 5.11 Å². The first-order valence-electron chi connectivity index (χ1n) is 9.21. The average molecular weight is 366 g/mol. The van der Waals surface area contributed by atoms with Crippen molar-refractivity contribution in [1.82, 2.24) is 15.2 Å². The van der Waals surface area contributed by atoms with Crippen molar-refractivity contribution < 1.29 is 9.90 Å². The first-order chi connectivity index (χ1) is 13.1. The summed E-state index contributed by atoms with van der Waals surface area (Å²) < 4.78 is 0. The van der Waals surface area contributed by atoms with Gasteiger partial charge in [0.1, 0.15) is 5.75 Å². The standard InChI is InChI=1S/C21H26N4O2/c1-17(19-8-5-9-20(26)14-19)22-23-21(27)16-25-12-10-24(11-13-25)15-18-6-3-2-4-7-18/h2-9,14,26H,10-13,15-16H2,1H3,(H,23,27)/b22-17-. The van der Waals surface area contributed by atoms with E-state index in [0.717, 1.165) is 38.3 Å². The monoisotopic (exact) mass is 366 g/mol. The van der Waals surface area contributed by atoms with Crippen molar-refractivity contribution in [2.24, 2.45) is 5.10 Å². The molecule has 0 aliphatic carbocycles. The minimum absolute atomic E-state index is 0.119. The number of nitrogens with zero attached hydrogens (tertiary/aromatic N) is 3. The number of phenolic OH excluding ortho intramolecular Hbond substituents is 1. The number of hydrazone groups is 1. The SMILES string of the molecule is C/C(=N/NC(=O)CN1CCN(Cc2ccccc2)CC1)c1cccc(O)c1. The third kappa shape index (κ3) is 5.91. The molecule has 0 aromatic heterocycles. The number of piperazine rings is 1. The van der Waals surface area contributed by atoms with Crippen LogP contribution in [0.5, 0.6) is 5.75 Å². The Morgan fingerprint density at radius 1 is 1.04 bits per heavy atom. The highest BCUT2D eigenvalue weighted by Crippen LogP contribution is 2.11. The van der Waals surface area contributed by atoms with Crippen molar-refractivity contribution in [3.05, 3.63) is 65.7 Å². The summed E-state index contributed by atoms with van der Waals surface area (Å²) in [6.45, 7) is 6.74. The molecular weight excluding hydrogens is 340 g/mol. The number of carbonyl (C=O) groups excluding carboxylic acids is 1. The van der Waals surface area contributed by atoms with Crippen LogP contribution in [-0.2, 0) is 11.3 Å². The van der Waals surface area contributed by atoms with Crippen molar-refractivity contribution in [3.8, 4) is 5.75 Å². The fraction of sp³-hybridized carbons (Fsp3) is 0.333. The number of aromatic hydroxyl groups is 1. The number of benzene rings is 2. The Kier molecular flexibility index (Phi) is 6.57. The largest absolute Gasteiger partial charge is 0.508 e. The molecule has 6 heteroatoms. The Morgan fingerprint density at radius 2 is 1.74 bits per heavy atom. The first kappa shape index (κ1) is 19.1. The van der Waals surface area contributed by atoms with Gasteiger partial charge in [-0.25, -0.2) is 5.43 Å². The van der Waals surface area contributed by atoms with Gasteiger partial charge in [-0.3, -0.25) is 14.6 Å². The number of hydrogen-bond donors (Lipinski definition) is 2. The van der Waals surface area contributed by atoms with Gasteiger partial charge in [-0.1, -0.05) is 42.5 Å². The van der Waals surface area contributed by atoms with Crippen LogP contribution in [0.25, 0.3) is 0 Å². The summed E-state index contributed by atoms with van der Waals surface area (Å²) in [7, 11) is 0. The van der Waals surface area contributed by atoms with Gasteiger partial charge in [-0.15, -0.1) is 0 Å². The van der Waals surface area contributed by atoms with Crippen LogP contribution in [0.15, 0.2) is 59.7 Å². The summed E-state index contributed by atoms with van der Waals surface area (Å²) in [6, 6.07) is 17.3. The van der Waals surface area contributed by atoms with Gasteiger partial charge in [0.2, 0.25) is 0 Å². The number of amides is 1. The average Bonchev–Trinajstić information content (AvgIpc) is 2.68. The van der Waals surface area contributed by atoms with Gasteiger partial charge in [-0.05, 0) is 24.6 Å². The maximum absolute atomic E-state index is 12.2. The second-order valence-electron chi connectivity index (χ2n) is 6.82. The zero-order chi connectivity index (χ0) is 19.1. The number of rotatable bonds is 6. The third-order valence-corrected chi connectivity index (χ3v) is 4.69. The van der Waals surface area contributed by atoms with Crippen molar-refractivity contribution in [1.29, 1.82) is 0 Å². The summed E-state index contributed by atoms with van der Waals surface area (Å²) in [5.41, 5.74) is 5.37. The van der Waals surface area contributed by atoms with Crippen LogP contribution in [0, 0.1) is 0 Å². The normalized spacial score (nSPS) is 16.3. The third-order valence-electron chi connectivity index (χ3n) is 4.69. The fourth-order valence-electron chi connectivity index (χ4n) is 3.13. The molecule has 0 atom stereocenters. The van der Waals surface area contributed by atoms with Gasteiger partial charge in [0.25, 0.3) is 5.91 Å². The highest BCUT2D eigenvalue weighted by Gasteiger charge is 2.18. The Labute approximate surface area is 160 Å². The molecule has 1 aliphatic rings. The molecular formula is C21H26N4O2. The van der Waals surface area contributed by atoms with Gasteiger partial charge in [0, 0.05) is 38.3 Å². The maximum Gasteiger partial charge on any atom is 0.254 e. The van der Waals surface area contributed by atoms with Gasteiger partial charge >= 0.3 is 0 Å². The lowest BCUT2D eigenvalue weighted by Crippen LogP contribution is -2.48. The molecule has 0 bridgehead atoms. The maximum atomic E-state index is 12.2. The van der Waals surface area contributed by atoms with E-state index in [-0.39, 0.29) is 11.7 Å². The van der Waals surface area contributed by atoms with E-state index in [9.17, 15) is 9.90 Å². The van der Waals surface area contributed by atoms with Crippen LogP contribution in [-0.4, -0.2) is 59.2 Å². The molecule has 1 fully saturated rings. The number of carbonyl (C=O) groups is 1. The molecule has 2 N–H and O–H groups in total. The van der Waals surface area contributed by atoms with Crippen LogP contribution in [0.2, 0.25) is 0 Å². The summed E-state index contributed by atoms with van der Waals surface area (Å²) in [5.74, 6) is 0.0627. The lowest BCUT2D eigenvalue weighted by Gasteiger charge is -2.34. The highest BCUT2D eigenvalue weighted by atomic mass is 16.3. The van der Waals surface area contributed by atoms with E-state index in [0.29, 0.717) is 12.3 Å². The van der Waals surface area contributed by atoms with E-state index < -0.39 is 0 Å². The Hall–Kier alpha value is -2.70. The van der Waals surface area contributed by atoms with E-state index in [1.54, 1.807) is 25.1 Å². The second kappa shape index (κ2) is 9.30. The lowest BCUT2D eigenvalue weighted by atomic mass is 10.1. The van der Waals surface area contributed by atoms with Gasteiger partial charge in [0.15, 0.2) is 0 Å². The van der Waals surface area contributed by atoms with Crippen molar-refractivity contribution in [2.75, 3.05) is 32.7 Å². The molecule has 1 heterocycles. The molecule has 1 amide bonds. The predicted molar refractivity (Wildman–Crippen MR) is 107 cm³/mol.